The fourth-order valence-corrected chi connectivity index (χ4v) is 2.80. The summed E-state index contributed by atoms with van der Waals surface area (Å²) in [5.41, 5.74) is 6.13. The molecule has 0 aromatic heterocycles. The third kappa shape index (κ3) is 3.53. The Balaban J connectivity index is 2.28. The molecule has 116 valence electrons. The van der Waals surface area contributed by atoms with Gasteiger partial charge in [-0.1, -0.05) is 13.8 Å². The van der Waals surface area contributed by atoms with Crippen LogP contribution in [0, 0.1) is 18.7 Å². The van der Waals surface area contributed by atoms with Gasteiger partial charge < -0.3 is 15.8 Å². The number of nitrogens with one attached hydrogen (secondary N) is 1. The van der Waals surface area contributed by atoms with Crippen LogP contribution in [0.15, 0.2) is 18.2 Å². The Hall–Kier alpha value is -1.62. The average molecular weight is 294 g/mol. The molecular formula is C16H23FN2O2. The van der Waals surface area contributed by atoms with Gasteiger partial charge in [0, 0.05) is 25.1 Å². The molecule has 1 aromatic carbocycles. The normalized spacial score (nSPS) is 25.9. The lowest BCUT2D eigenvalue weighted by Crippen LogP contribution is -2.56. The highest BCUT2D eigenvalue weighted by Gasteiger charge is 2.43. The summed E-state index contributed by atoms with van der Waals surface area (Å²) in [4.78, 5) is 12.0. The van der Waals surface area contributed by atoms with Gasteiger partial charge in [-0.15, -0.1) is 0 Å². The van der Waals surface area contributed by atoms with E-state index in [1.54, 1.807) is 0 Å². The summed E-state index contributed by atoms with van der Waals surface area (Å²) in [6, 6.07) is 4.65. The Morgan fingerprint density at radius 3 is 2.76 bits per heavy atom. The molecule has 0 saturated carbocycles. The molecule has 2 rings (SSSR count). The second-order valence-electron chi connectivity index (χ2n) is 6.20. The van der Waals surface area contributed by atoms with Gasteiger partial charge in [0.2, 0.25) is 5.91 Å². The molecule has 0 aliphatic carbocycles. The molecule has 2 atom stereocenters. The van der Waals surface area contributed by atoms with Crippen LogP contribution < -0.4 is 11.1 Å². The van der Waals surface area contributed by atoms with Gasteiger partial charge in [0.15, 0.2) is 0 Å². The number of carbonyl (C=O) groups is 1. The van der Waals surface area contributed by atoms with Gasteiger partial charge in [-0.3, -0.25) is 4.79 Å². The summed E-state index contributed by atoms with van der Waals surface area (Å²) >= 11 is 0. The van der Waals surface area contributed by atoms with E-state index in [1.165, 1.54) is 12.1 Å². The van der Waals surface area contributed by atoms with Crippen molar-refractivity contribution >= 4 is 11.6 Å². The molecule has 3 N–H and O–H groups in total. The minimum absolute atomic E-state index is 0.0339. The molecule has 1 aliphatic rings. The van der Waals surface area contributed by atoms with E-state index in [4.69, 9.17) is 10.5 Å². The zero-order valence-corrected chi connectivity index (χ0v) is 12.8. The molecule has 1 fully saturated rings. The first-order chi connectivity index (χ1) is 9.82. The minimum atomic E-state index is -0.882. The lowest BCUT2D eigenvalue weighted by Gasteiger charge is -2.41. The molecule has 5 heteroatoms. The smallest absolute Gasteiger partial charge is 0.243 e. The van der Waals surface area contributed by atoms with E-state index in [2.05, 4.69) is 5.32 Å². The van der Waals surface area contributed by atoms with Gasteiger partial charge in [0.1, 0.15) is 11.4 Å². The number of anilines is 1. The van der Waals surface area contributed by atoms with Crippen molar-refractivity contribution < 1.29 is 13.9 Å². The van der Waals surface area contributed by atoms with Crippen molar-refractivity contribution in [2.24, 2.45) is 11.7 Å². The van der Waals surface area contributed by atoms with E-state index in [0.717, 1.165) is 5.56 Å². The van der Waals surface area contributed by atoms with Crippen LogP contribution in [0.2, 0.25) is 0 Å². The Morgan fingerprint density at radius 2 is 2.19 bits per heavy atom. The monoisotopic (exact) mass is 294 g/mol. The topological polar surface area (TPSA) is 64.3 Å². The number of rotatable bonds is 4. The molecule has 2 unspecified atom stereocenters. The first-order valence-corrected chi connectivity index (χ1v) is 7.29. The van der Waals surface area contributed by atoms with Crippen LogP contribution in [0.1, 0.15) is 32.3 Å². The number of primary amides is 1. The number of halogens is 1. The predicted molar refractivity (Wildman–Crippen MR) is 80.5 cm³/mol. The van der Waals surface area contributed by atoms with E-state index in [9.17, 15) is 9.18 Å². The van der Waals surface area contributed by atoms with Crippen molar-refractivity contribution in [3.63, 3.8) is 0 Å². The molecule has 1 aliphatic heterocycles. The number of benzene rings is 1. The highest BCUT2D eigenvalue weighted by atomic mass is 19.1. The van der Waals surface area contributed by atoms with Crippen molar-refractivity contribution in [2.75, 3.05) is 11.9 Å². The second-order valence-corrected chi connectivity index (χ2v) is 6.20. The van der Waals surface area contributed by atoms with E-state index >= 15 is 0 Å². The highest BCUT2D eigenvalue weighted by Crippen LogP contribution is 2.32. The fraction of sp³-hybridized carbons (Fsp3) is 0.562. The van der Waals surface area contributed by atoms with E-state index in [0.29, 0.717) is 31.1 Å². The van der Waals surface area contributed by atoms with E-state index in [1.807, 2.05) is 26.8 Å². The van der Waals surface area contributed by atoms with Crippen molar-refractivity contribution in [3.05, 3.63) is 29.6 Å². The van der Waals surface area contributed by atoms with Gasteiger partial charge in [0.05, 0.1) is 6.10 Å². The summed E-state index contributed by atoms with van der Waals surface area (Å²) in [5, 5.41) is 3.17. The van der Waals surface area contributed by atoms with Crippen LogP contribution >= 0.6 is 0 Å². The number of nitrogens with two attached hydrogens (primary N) is 1. The second kappa shape index (κ2) is 6.02. The molecule has 1 heterocycles. The Morgan fingerprint density at radius 1 is 1.48 bits per heavy atom. The maximum atomic E-state index is 13.5. The maximum Gasteiger partial charge on any atom is 0.243 e. The predicted octanol–water partition coefficient (Wildman–Crippen LogP) is 2.61. The fourth-order valence-electron chi connectivity index (χ4n) is 2.80. The summed E-state index contributed by atoms with van der Waals surface area (Å²) in [5.74, 6) is -0.456. The average Bonchev–Trinajstić information content (AvgIpc) is 2.37. The largest absolute Gasteiger partial charge is 0.378 e. The number of aryl methyl sites for hydroxylation is 1. The Bertz CT molecular complexity index is 513. The Labute approximate surface area is 124 Å². The van der Waals surface area contributed by atoms with Gasteiger partial charge in [-0.05, 0) is 36.6 Å². The molecule has 0 radical (unpaired) electrons. The molecule has 1 saturated heterocycles. The summed E-state index contributed by atoms with van der Waals surface area (Å²) in [6.45, 7) is 6.38. The van der Waals surface area contributed by atoms with Crippen molar-refractivity contribution in [1.82, 2.24) is 0 Å². The molecule has 0 spiro atoms. The van der Waals surface area contributed by atoms with E-state index in [-0.39, 0.29) is 11.9 Å². The third-order valence-electron chi connectivity index (χ3n) is 4.05. The molecule has 21 heavy (non-hydrogen) atoms. The number of hydrogen-bond donors (Lipinski definition) is 2. The van der Waals surface area contributed by atoms with Gasteiger partial charge in [0.25, 0.3) is 0 Å². The zero-order valence-electron chi connectivity index (χ0n) is 12.8. The van der Waals surface area contributed by atoms with Crippen molar-refractivity contribution in [2.45, 2.75) is 45.3 Å². The highest BCUT2D eigenvalue weighted by molar-refractivity contribution is 5.88. The lowest BCUT2D eigenvalue weighted by molar-refractivity contribution is -0.128. The Kier molecular flexibility index (Phi) is 4.52. The maximum absolute atomic E-state index is 13.5. The minimum Gasteiger partial charge on any atom is -0.378 e. The third-order valence-corrected chi connectivity index (χ3v) is 4.05. The molecule has 4 nitrogen and oxygen atoms in total. The SMILES string of the molecule is Cc1cc(F)cc(NC2(C(N)=O)CCOC(C(C)C)C2)c1. The number of amides is 1. The van der Waals surface area contributed by atoms with E-state index < -0.39 is 11.4 Å². The number of ether oxygens (including phenoxy) is 1. The molecule has 1 amide bonds. The molecular weight excluding hydrogens is 271 g/mol. The van der Waals surface area contributed by atoms with Crippen LogP contribution in [-0.4, -0.2) is 24.2 Å². The quantitative estimate of drug-likeness (QED) is 0.897. The van der Waals surface area contributed by atoms with Crippen molar-refractivity contribution in [3.8, 4) is 0 Å². The van der Waals surface area contributed by atoms with Gasteiger partial charge >= 0.3 is 0 Å². The zero-order chi connectivity index (χ0) is 15.6. The van der Waals surface area contributed by atoms with Crippen LogP contribution in [0.25, 0.3) is 0 Å². The van der Waals surface area contributed by atoms with Crippen LogP contribution in [0.5, 0.6) is 0 Å². The van der Waals surface area contributed by atoms with Gasteiger partial charge in [-0.25, -0.2) is 4.39 Å². The number of hydrogen-bond acceptors (Lipinski definition) is 3. The molecule has 1 aromatic rings. The lowest BCUT2D eigenvalue weighted by atomic mass is 9.82. The van der Waals surface area contributed by atoms with Crippen LogP contribution in [0.3, 0.4) is 0 Å². The summed E-state index contributed by atoms with van der Waals surface area (Å²) in [7, 11) is 0. The summed E-state index contributed by atoms with van der Waals surface area (Å²) < 4.78 is 19.2. The molecule has 0 bridgehead atoms. The first-order valence-electron chi connectivity index (χ1n) is 7.29. The van der Waals surface area contributed by atoms with Gasteiger partial charge in [-0.2, -0.15) is 0 Å². The first kappa shape index (κ1) is 15.8. The van der Waals surface area contributed by atoms with Crippen molar-refractivity contribution in [1.29, 1.82) is 0 Å². The number of carbonyl (C=O) groups excluding carboxylic acids is 1. The van der Waals surface area contributed by atoms with Crippen LogP contribution in [0.4, 0.5) is 10.1 Å². The van der Waals surface area contributed by atoms with Crippen LogP contribution in [-0.2, 0) is 9.53 Å². The summed E-state index contributed by atoms with van der Waals surface area (Å²) in [6.07, 6.45) is 0.949. The standard InChI is InChI=1S/C16H23FN2O2/c1-10(2)14-9-16(15(18)20,4-5-21-14)19-13-7-11(3)6-12(17)8-13/h6-8,10,14,19H,4-5,9H2,1-3H3,(H2,18,20).